The summed E-state index contributed by atoms with van der Waals surface area (Å²) in [6, 6.07) is 14.0. The maximum Gasteiger partial charge on any atom is 0.253 e. The third kappa shape index (κ3) is 4.82. The van der Waals surface area contributed by atoms with Crippen LogP contribution in [0.15, 0.2) is 61.1 Å². The highest BCUT2D eigenvalue weighted by Gasteiger charge is 2.32. The lowest BCUT2D eigenvalue weighted by atomic mass is 9.91. The lowest BCUT2D eigenvalue weighted by Crippen LogP contribution is -2.50. The van der Waals surface area contributed by atoms with E-state index in [-0.39, 0.29) is 5.91 Å². The zero-order valence-corrected chi connectivity index (χ0v) is 21.0. The van der Waals surface area contributed by atoms with Gasteiger partial charge in [0.25, 0.3) is 5.91 Å². The Morgan fingerprint density at radius 3 is 2.61 bits per heavy atom. The van der Waals surface area contributed by atoms with Gasteiger partial charge < -0.3 is 20.6 Å². The topological polar surface area (TPSA) is 94.8 Å². The molecule has 8 heteroatoms. The number of aryl methyl sites for hydroxylation is 2. The third-order valence-electron chi connectivity index (χ3n) is 6.91. The lowest BCUT2D eigenvalue weighted by Gasteiger charge is -2.36. The van der Waals surface area contributed by atoms with Crippen molar-refractivity contribution < 1.29 is 9.90 Å². The van der Waals surface area contributed by atoms with Crippen molar-refractivity contribution in [2.24, 2.45) is 0 Å². The quantitative estimate of drug-likeness (QED) is 0.384. The van der Waals surface area contributed by atoms with Gasteiger partial charge >= 0.3 is 0 Å². The first-order valence-electron chi connectivity index (χ1n) is 12.3. The third-order valence-corrected chi connectivity index (χ3v) is 6.91. The lowest BCUT2D eigenvalue weighted by molar-refractivity contribution is -0.0125. The maximum absolute atomic E-state index is 13.1. The molecule has 5 rings (SSSR count). The van der Waals surface area contributed by atoms with E-state index in [2.05, 4.69) is 51.8 Å². The van der Waals surface area contributed by atoms with E-state index in [1.807, 2.05) is 41.9 Å². The minimum atomic E-state index is -0.836. The molecule has 1 aliphatic heterocycles. The number of hydrogen-bond donors (Lipinski definition) is 3. The molecule has 4 aromatic rings. The Bertz CT molecular complexity index is 1390. The van der Waals surface area contributed by atoms with E-state index in [1.165, 1.54) is 5.56 Å². The predicted molar refractivity (Wildman–Crippen MR) is 142 cm³/mol. The molecular formula is C28H32N6O2. The van der Waals surface area contributed by atoms with Crippen molar-refractivity contribution in [3.05, 3.63) is 77.7 Å². The average Bonchev–Trinajstić information content (AvgIpc) is 3.30. The summed E-state index contributed by atoms with van der Waals surface area (Å²) in [4.78, 5) is 23.9. The van der Waals surface area contributed by atoms with Crippen molar-refractivity contribution in [3.63, 3.8) is 0 Å². The predicted octanol–water partition coefficient (Wildman–Crippen LogP) is 3.94. The molecule has 1 amide bonds. The molecule has 1 fully saturated rings. The van der Waals surface area contributed by atoms with E-state index in [4.69, 9.17) is 0 Å². The smallest absolute Gasteiger partial charge is 0.253 e. The zero-order valence-electron chi connectivity index (χ0n) is 21.0. The molecule has 0 atom stereocenters. The van der Waals surface area contributed by atoms with Crippen LogP contribution in [0.2, 0.25) is 0 Å². The molecule has 2 aromatic carbocycles. The number of aromatic nitrogens is 3. The van der Waals surface area contributed by atoms with Crippen LogP contribution >= 0.6 is 0 Å². The van der Waals surface area contributed by atoms with Gasteiger partial charge in [0, 0.05) is 42.8 Å². The van der Waals surface area contributed by atoms with Crippen molar-refractivity contribution in [2.45, 2.75) is 32.3 Å². The molecule has 0 unspecified atom stereocenters. The fourth-order valence-corrected chi connectivity index (χ4v) is 4.83. The van der Waals surface area contributed by atoms with Crippen molar-refractivity contribution in [1.29, 1.82) is 0 Å². The van der Waals surface area contributed by atoms with E-state index in [1.54, 1.807) is 18.1 Å². The van der Waals surface area contributed by atoms with E-state index in [0.29, 0.717) is 30.8 Å². The molecule has 1 saturated heterocycles. The van der Waals surface area contributed by atoms with Crippen LogP contribution < -0.4 is 10.6 Å². The Balaban J connectivity index is 1.35. The second kappa shape index (κ2) is 9.72. The molecule has 186 valence electrons. The number of anilines is 2. The number of rotatable bonds is 6. The van der Waals surface area contributed by atoms with Gasteiger partial charge in [-0.2, -0.15) is 0 Å². The molecule has 0 aliphatic carbocycles. The first-order valence-corrected chi connectivity index (χ1v) is 12.3. The number of nitrogens with zero attached hydrogens (tertiary/aromatic N) is 4. The van der Waals surface area contributed by atoms with Gasteiger partial charge in [-0.1, -0.05) is 29.8 Å². The number of benzene rings is 2. The van der Waals surface area contributed by atoms with Crippen LogP contribution in [-0.4, -0.2) is 62.6 Å². The van der Waals surface area contributed by atoms with Crippen LogP contribution in [0.4, 0.5) is 11.5 Å². The Hall–Kier alpha value is -3.75. The molecule has 2 aromatic heterocycles. The summed E-state index contributed by atoms with van der Waals surface area (Å²) in [5.41, 5.74) is 5.47. The van der Waals surface area contributed by atoms with E-state index in [0.717, 1.165) is 41.2 Å². The molecule has 0 saturated carbocycles. The van der Waals surface area contributed by atoms with Crippen molar-refractivity contribution >= 4 is 23.1 Å². The van der Waals surface area contributed by atoms with Crippen molar-refractivity contribution in [3.8, 4) is 11.3 Å². The zero-order chi connectivity index (χ0) is 25.3. The molecular weight excluding hydrogens is 452 g/mol. The fourth-order valence-electron chi connectivity index (χ4n) is 4.83. The van der Waals surface area contributed by atoms with Gasteiger partial charge in [-0.25, -0.2) is 9.97 Å². The Labute approximate surface area is 211 Å². The van der Waals surface area contributed by atoms with Crippen LogP contribution in [0.5, 0.6) is 0 Å². The van der Waals surface area contributed by atoms with Crippen LogP contribution in [0.3, 0.4) is 0 Å². The molecule has 8 nitrogen and oxygen atoms in total. The van der Waals surface area contributed by atoms with Gasteiger partial charge in [0.1, 0.15) is 0 Å². The minimum absolute atomic E-state index is 0.0952. The summed E-state index contributed by atoms with van der Waals surface area (Å²) in [7, 11) is 1.75. The van der Waals surface area contributed by atoms with Crippen LogP contribution in [0.25, 0.3) is 16.9 Å². The second-order valence-corrected chi connectivity index (χ2v) is 9.77. The largest absolute Gasteiger partial charge is 0.388 e. The monoisotopic (exact) mass is 484 g/mol. The number of piperidine rings is 1. The summed E-state index contributed by atoms with van der Waals surface area (Å²) in [6.45, 7) is 5.84. The van der Waals surface area contributed by atoms with E-state index >= 15 is 0 Å². The minimum Gasteiger partial charge on any atom is -0.388 e. The van der Waals surface area contributed by atoms with Gasteiger partial charge in [-0.05, 0) is 63.5 Å². The van der Waals surface area contributed by atoms with E-state index < -0.39 is 5.60 Å². The van der Waals surface area contributed by atoms with Crippen LogP contribution in [0.1, 0.15) is 34.3 Å². The molecule has 0 radical (unpaired) electrons. The van der Waals surface area contributed by atoms with Gasteiger partial charge in [-0.15, -0.1) is 0 Å². The molecule has 36 heavy (non-hydrogen) atoms. The number of fused-ring (bicyclic) bond motifs is 1. The standard InChI is InChI=1S/C28H32N6O2/c1-19-4-6-21(7-5-19)24-17-31-26-25(30-14-15-34(24)26)32-22-8-9-23(20(2)16-22)27(35)33(3)18-28(36)10-12-29-13-11-28/h4-9,14-17,29,36H,10-13,18H2,1-3H3,(H,30,32). The maximum atomic E-state index is 13.1. The number of carbonyl (C=O) groups excluding carboxylic acids is 1. The van der Waals surface area contributed by atoms with Gasteiger partial charge in [0.05, 0.1) is 17.5 Å². The number of imidazole rings is 1. The number of carbonyl (C=O) groups is 1. The summed E-state index contributed by atoms with van der Waals surface area (Å²) in [5, 5.41) is 17.4. The highest BCUT2D eigenvalue weighted by Crippen LogP contribution is 2.27. The highest BCUT2D eigenvalue weighted by atomic mass is 16.3. The Kier molecular flexibility index (Phi) is 6.47. The van der Waals surface area contributed by atoms with Gasteiger partial charge in [-0.3, -0.25) is 9.20 Å². The Morgan fingerprint density at radius 1 is 1.14 bits per heavy atom. The first-order chi connectivity index (χ1) is 17.3. The molecule has 0 spiro atoms. The number of hydrogen-bond acceptors (Lipinski definition) is 6. The first kappa shape index (κ1) is 24.0. The molecule has 0 bridgehead atoms. The Morgan fingerprint density at radius 2 is 1.89 bits per heavy atom. The second-order valence-electron chi connectivity index (χ2n) is 9.77. The molecule has 3 N–H and O–H groups in total. The summed E-state index contributed by atoms with van der Waals surface area (Å²) < 4.78 is 2.02. The van der Waals surface area contributed by atoms with Gasteiger partial charge in [0.15, 0.2) is 11.5 Å². The summed E-state index contributed by atoms with van der Waals surface area (Å²) >= 11 is 0. The highest BCUT2D eigenvalue weighted by molar-refractivity contribution is 5.96. The number of amides is 1. The van der Waals surface area contributed by atoms with Gasteiger partial charge in [0.2, 0.25) is 0 Å². The van der Waals surface area contributed by atoms with Crippen LogP contribution in [-0.2, 0) is 0 Å². The molecule has 3 heterocycles. The number of nitrogens with one attached hydrogen (secondary N) is 2. The normalized spacial score (nSPS) is 15.1. The summed E-state index contributed by atoms with van der Waals surface area (Å²) in [5.74, 6) is 0.543. The van der Waals surface area contributed by atoms with Crippen molar-refractivity contribution in [2.75, 3.05) is 32.0 Å². The summed E-state index contributed by atoms with van der Waals surface area (Å²) in [6.07, 6.45) is 6.79. The number of aliphatic hydroxyl groups is 1. The van der Waals surface area contributed by atoms with Crippen LogP contribution in [0, 0.1) is 13.8 Å². The van der Waals surface area contributed by atoms with E-state index in [9.17, 15) is 9.90 Å². The average molecular weight is 485 g/mol. The molecule has 1 aliphatic rings. The fraction of sp³-hybridized carbons (Fsp3) is 0.321. The SMILES string of the molecule is Cc1ccc(-c2cnc3c(Nc4ccc(C(=O)N(C)CC5(O)CCNCC5)c(C)c4)nccn23)cc1. The number of likely N-dealkylation sites (N-methyl/N-ethyl adjacent to an activating group) is 1. The van der Waals surface area contributed by atoms with Crippen molar-refractivity contribution in [1.82, 2.24) is 24.6 Å².